The summed E-state index contributed by atoms with van der Waals surface area (Å²) in [7, 11) is 0. The fourth-order valence-electron chi connectivity index (χ4n) is 1.86. The number of carbonyl (C=O) groups is 1. The van der Waals surface area contributed by atoms with Crippen molar-refractivity contribution in [3.63, 3.8) is 0 Å². The molecule has 2 rings (SSSR count). The lowest BCUT2D eigenvalue weighted by atomic mass is 10.1. The van der Waals surface area contributed by atoms with E-state index in [-0.39, 0.29) is 11.5 Å². The third-order valence-electron chi connectivity index (χ3n) is 2.60. The van der Waals surface area contributed by atoms with Crippen LogP contribution in [0.2, 0.25) is 0 Å². The van der Waals surface area contributed by atoms with Crippen molar-refractivity contribution < 1.29 is 4.79 Å². The van der Waals surface area contributed by atoms with Crippen molar-refractivity contribution in [3.05, 3.63) is 46.2 Å². The van der Waals surface area contributed by atoms with Gasteiger partial charge in [0.15, 0.2) is 0 Å². The highest BCUT2D eigenvalue weighted by atomic mass is 16.1. The van der Waals surface area contributed by atoms with Crippen molar-refractivity contribution in [1.29, 1.82) is 0 Å². The van der Waals surface area contributed by atoms with E-state index in [0.717, 1.165) is 16.5 Å². The van der Waals surface area contributed by atoms with Gasteiger partial charge in [0, 0.05) is 30.4 Å². The van der Waals surface area contributed by atoms with Crippen molar-refractivity contribution in [2.75, 3.05) is 6.54 Å². The van der Waals surface area contributed by atoms with Crippen molar-refractivity contribution in [3.8, 4) is 0 Å². The summed E-state index contributed by atoms with van der Waals surface area (Å²) in [6.07, 6.45) is 0.657. The van der Waals surface area contributed by atoms with Crippen LogP contribution in [0.4, 0.5) is 0 Å². The number of fused-ring (bicyclic) bond motifs is 1. The van der Waals surface area contributed by atoms with E-state index in [4.69, 9.17) is 0 Å². The third-order valence-corrected chi connectivity index (χ3v) is 2.60. The molecule has 0 aliphatic heterocycles. The molecular weight excluding hydrogens is 216 g/mol. The van der Waals surface area contributed by atoms with E-state index >= 15 is 0 Å². The SMILES string of the molecule is CC(=O)NCCc1cc(=O)[nH]c2ccccc12. The standard InChI is InChI=1S/C13H14N2O2/c1-9(16)14-7-6-10-8-13(17)15-12-5-3-2-4-11(10)12/h2-5,8H,6-7H2,1H3,(H,14,16)(H,15,17). The summed E-state index contributed by atoms with van der Waals surface area (Å²) in [6, 6.07) is 9.25. The molecule has 0 fully saturated rings. The molecule has 17 heavy (non-hydrogen) atoms. The maximum atomic E-state index is 11.5. The zero-order valence-corrected chi connectivity index (χ0v) is 9.62. The van der Waals surface area contributed by atoms with Crippen LogP contribution in [0, 0.1) is 0 Å². The van der Waals surface area contributed by atoms with E-state index in [2.05, 4.69) is 10.3 Å². The molecule has 1 aromatic carbocycles. The average molecular weight is 230 g/mol. The molecule has 0 saturated heterocycles. The lowest BCUT2D eigenvalue weighted by Gasteiger charge is -2.06. The van der Waals surface area contributed by atoms with E-state index < -0.39 is 0 Å². The van der Waals surface area contributed by atoms with E-state index in [9.17, 15) is 9.59 Å². The van der Waals surface area contributed by atoms with Crippen LogP contribution in [0.15, 0.2) is 35.1 Å². The van der Waals surface area contributed by atoms with Gasteiger partial charge in [-0.2, -0.15) is 0 Å². The molecule has 0 saturated carbocycles. The van der Waals surface area contributed by atoms with E-state index in [1.807, 2.05) is 24.3 Å². The van der Waals surface area contributed by atoms with Crippen LogP contribution in [0.1, 0.15) is 12.5 Å². The molecule has 0 bridgehead atoms. The van der Waals surface area contributed by atoms with Gasteiger partial charge in [0.1, 0.15) is 0 Å². The second-order valence-corrected chi connectivity index (χ2v) is 3.94. The molecule has 0 aliphatic rings. The fourth-order valence-corrected chi connectivity index (χ4v) is 1.86. The van der Waals surface area contributed by atoms with Crippen LogP contribution in [0.5, 0.6) is 0 Å². The minimum absolute atomic E-state index is 0.0563. The van der Waals surface area contributed by atoms with Gasteiger partial charge in [-0.25, -0.2) is 0 Å². The van der Waals surface area contributed by atoms with Crippen LogP contribution in [0.25, 0.3) is 10.9 Å². The van der Waals surface area contributed by atoms with Crippen LogP contribution in [0.3, 0.4) is 0 Å². The summed E-state index contributed by atoms with van der Waals surface area (Å²) in [6.45, 7) is 2.03. The maximum absolute atomic E-state index is 11.5. The summed E-state index contributed by atoms with van der Waals surface area (Å²) in [5.41, 5.74) is 1.68. The Kier molecular flexibility index (Phi) is 3.23. The van der Waals surface area contributed by atoms with E-state index in [0.29, 0.717) is 13.0 Å². The Morgan fingerprint density at radius 1 is 1.35 bits per heavy atom. The zero-order valence-electron chi connectivity index (χ0n) is 9.62. The molecular formula is C13H14N2O2. The molecule has 0 aliphatic carbocycles. The number of pyridine rings is 1. The number of aromatic amines is 1. The Bertz CT molecular complexity index is 602. The molecule has 1 amide bonds. The summed E-state index contributed by atoms with van der Waals surface area (Å²) >= 11 is 0. The maximum Gasteiger partial charge on any atom is 0.248 e. The van der Waals surface area contributed by atoms with Crippen molar-refractivity contribution in [2.24, 2.45) is 0 Å². The second kappa shape index (κ2) is 4.82. The molecule has 4 nitrogen and oxygen atoms in total. The van der Waals surface area contributed by atoms with Crippen LogP contribution >= 0.6 is 0 Å². The van der Waals surface area contributed by atoms with Gasteiger partial charge in [-0.15, -0.1) is 0 Å². The normalized spacial score (nSPS) is 10.4. The van der Waals surface area contributed by atoms with E-state index in [1.54, 1.807) is 6.07 Å². The number of hydrogen-bond acceptors (Lipinski definition) is 2. The third kappa shape index (κ3) is 2.72. The average Bonchev–Trinajstić information content (AvgIpc) is 2.28. The number of benzene rings is 1. The van der Waals surface area contributed by atoms with Gasteiger partial charge in [0.05, 0.1) is 0 Å². The number of H-pyrrole nitrogens is 1. The largest absolute Gasteiger partial charge is 0.356 e. The zero-order chi connectivity index (χ0) is 12.3. The van der Waals surface area contributed by atoms with Gasteiger partial charge in [0.2, 0.25) is 11.5 Å². The molecule has 4 heteroatoms. The summed E-state index contributed by atoms with van der Waals surface area (Å²) < 4.78 is 0. The topological polar surface area (TPSA) is 62.0 Å². The molecule has 0 unspecified atom stereocenters. The van der Waals surface area contributed by atoms with Gasteiger partial charge in [0.25, 0.3) is 0 Å². The highest BCUT2D eigenvalue weighted by Gasteiger charge is 2.02. The Morgan fingerprint density at radius 2 is 2.12 bits per heavy atom. The van der Waals surface area contributed by atoms with Gasteiger partial charge in [-0.1, -0.05) is 18.2 Å². The number of amides is 1. The smallest absolute Gasteiger partial charge is 0.248 e. The Hall–Kier alpha value is -2.10. The Labute approximate surface area is 98.7 Å². The number of hydrogen-bond donors (Lipinski definition) is 2. The van der Waals surface area contributed by atoms with Crippen molar-refractivity contribution >= 4 is 16.8 Å². The number of rotatable bonds is 3. The monoisotopic (exact) mass is 230 g/mol. The predicted molar refractivity (Wildman–Crippen MR) is 67.0 cm³/mol. The minimum atomic E-state index is -0.110. The summed E-state index contributed by atoms with van der Waals surface area (Å²) in [5.74, 6) is -0.0563. The first-order valence-electron chi connectivity index (χ1n) is 5.52. The fraction of sp³-hybridized carbons (Fsp3) is 0.231. The van der Waals surface area contributed by atoms with Crippen LogP contribution < -0.4 is 10.9 Å². The first-order chi connectivity index (χ1) is 8.16. The lowest BCUT2D eigenvalue weighted by molar-refractivity contribution is -0.118. The van der Waals surface area contributed by atoms with Crippen molar-refractivity contribution in [1.82, 2.24) is 10.3 Å². The predicted octanol–water partition coefficient (Wildman–Crippen LogP) is 1.21. The molecule has 0 radical (unpaired) electrons. The Balaban J connectivity index is 2.32. The number of aromatic nitrogens is 1. The number of para-hydroxylation sites is 1. The number of nitrogens with one attached hydrogen (secondary N) is 2. The van der Waals surface area contributed by atoms with Crippen LogP contribution in [-0.4, -0.2) is 17.4 Å². The second-order valence-electron chi connectivity index (χ2n) is 3.94. The Morgan fingerprint density at radius 3 is 2.88 bits per heavy atom. The lowest BCUT2D eigenvalue weighted by Crippen LogP contribution is -2.23. The highest BCUT2D eigenvalue weighted by molar-refractivity contribution is 5.81. The van der Waals surface area contributed by atoms with Crippen molar-refractivity contribution in [2.45, 2.75) is 13.3 Å². The first-order valence-corrected chi connectivity index (χ1v) is 5.52. The molecule has 2 aromatic rings. The molecule has 1 aromatic heterocycles. The quantitative estimate of drug-likeness (QED) is 0.832. The number of carbonyl (C=O) groups excluding carboxylic acids is 1. The minimum Gasteiger partial charge on any atom is -0.356 e. The van der Waals surface area contributed by atoms with Gasteiger partial charge in [-0.3, -0.25) is 9.59 Å². The molecule has 0 atom stereocenters. The van der Waals surface area contributed by atoms with E-state index in [1.165, 1.54) is 6.92 Å². The molecule has 88 valence electrons. The van der Waals surface area contributed by atoms with Gasteiger partial charge >= 0.3 is 0 Å². The summed E-state index contributed by atoms with van der Waals surface area (Å²) in [5, 5.41) is 3.75. The molecule has 0 spiro atoms. The molecule has 2 N–H and O–H groups in total. The van der Waals surface area contributed by atoms with Gasteiger partial charge in [-0.05, 0) is 18.1 Å². The highest BCUT2D eigenvalue weighted by Crippen LogP contribution is 2.14. The molecule has 1 heterocycles. The van der Waals surface area contributed by atoms with Gasteiger partial charge < -0.3 is 10.3 Å². The van der Waals surface area contributed by atoms with Crippen LogP contribution in [-0.2, 0) is 11.2 Å². The first kappa shape index (κ1) is 11.4. The summed E-state index contributed by atoms with van der Waals surface area (Å²) in [4.78, 5) is 25.0.